The fourth-order valence-electron chi connectivity index (χ4n) is 3.29. The maximum Gasteiger partial charge on any atom is 0.0961 e. The predicted molar refractivity (Wildman–Crippen MR) is 113 cm³/mol. The second-order valence-electron chi connectivity index (χ2n) is 6.97. The standard InChI is InChI=1S/C24H29N3/c1-17(2)23(21-12-8-6-10-18(21)3)26-14-15-27-24(20(5)16-25)22-13-9-7-11-19(22)4/h6-13,23-24,26-27H,1,5,14-15H2,2-4H3. The number of aryl methyl sites for hydroxylation is 2. The van der Waals surface area contributed by atoms with Crippen molar-refractivity contribution in [1.29, 1.82) is 5.26 Å². The fourth-order valence-corrected chi connectivity index (χ4v) is 3.29. The Morgan fingerprint density at radius 2 is 1.33 bits per heavy atom. The van der Waals surface area contributed by atoms with Crippen LogP contribution in [0.2, 0.25) is 0 Å². The van der Waals surface area contributed by atoms with Crippen molar-refractivity contribution < 1.29 is 0 Å². The first-order valence-electron chi connectivity index (χ1n) is 9.27. The van der Waals surface area contributed by atoms with Crippen LogP contribution >= 0.6 is 0 Å². The molecule has 0 spiro atoms. The van der Waals surface area contributed by atoms with Crippen molar-refractivity contribution in [2.24, 2.45) is 0 Å². The van der Waals surface area contributed by atoms with Crippen molar-refractivity contribution in [2.45, 2.75) is 32.9 Å². The van der Waals surface area contributed by atoms with Crippen LogP contribution in [-0.4, -0.2) is 13.1 Å². The van der Waals surface area contributed by atoms with Gasteiger partial charge in [0.25, 0.3) is 0 Å². The number of hydrogen-bond acceptors (Lipinski definition) is 3. The molecule has 0 heterocycles. The number of nitriles is 1. The Labute approximate surface area is 163 Å². The molecule has 0 radical (unpaired) electrons. The van der Waals surface area contributed by atoms with E-state index in [-0.39, 0.29) is 12.1 Å². The lowest BCUT2D eigenvalue weighted by Crippen LogP contribution is -2.33. The summed E-state index contributed by atoms with van der Waals surface area (Å²) >= 11 is 0. The highest BCUT2D eigenvalue weighted by Gasteiger charge is 2.17. The lowest BCUT2D eigenvalue weighted by atomic mass is 9.96. The summed E-state index contributed by atoms with van der Waals surface area (Å²) in [5.74, 6) is 0. The fraction of sp³-hybridized carbons (Fsp3) is 0.292. The molecule has 27 heavy (non-hydrogen) atoms. The molecule has 0 fully saturated rings. The third kappa shape index (κ3) is 5.40. The molecular weight excluding hydrogens is 330 g/mol. The minimum Gasteiger partial charge on any atom is -0.305 e. The molecule has 2 aromatic carbocycles. The molecule has 0 bridgehead atoms. The van der Waals surface area contributed by atoms with Gasteiger partial charge in [0.1, 0.15) is 0 Å². The van der Waals surface area contributed by atoms with Crippen LogP contribution in [0.4, 0.5) is 0 Å². The van der Waals surface area contributed by atoms with Crippen LogP contribution in [0.5, 0.6) is 0 Å². The van der Waals surface area contributed by atoms with Crippen LogP contribution in [-0.2, 0) is 0 Å². The van der Waals surface area contributed by atoms with Gasteiger partial charge in [0, 0.05) is 18.7 Å². The van der Waals surface area contributed by atoms with Crippen molar-refractivity contribution in [3.8, 4) is 6.07 Å². The summed E-state index contributed by atoms with van der Waals surface area (Å²) in [6.07, 6.45) is 0. The van der Waals surface area contributed by atoms with Gasteiger partial charge >= 0.3 is 0 Å². The molecule has 0 saturated carbocycles. The molecule has 0 aliphatic carbocycles. The summed E-state index contributed by atoms with van der Waals surface area (Å²) in [6.45, 7) is 15.8. The van der Waals surface area contributed by atoms with Crippen LogP contribution < -0.4 is 10.6 Å². The molecule has 0 aromatic heterocycles. The number of nitrogens with one attached hydrogen (secondary N) is 2. The Kier molecular flexibility index (Phi) is 7.55. The number of hydrogen-bond donors (Lipinski definition) is 2. The lowest BCUT2D eigenvalue weighted by Gasteiger charge is -2.23. The van der Waals surface area contributed by atoms with Crippen molar-refractivity contribution in [1.82, 2.24) is 10.6 Å². The second kappa shape index (κ2) is 9.87. The van der Waals surface area contributed by atoms with Gasteiger partial charge in [-0.05, 0) is 43.0 Å². The summed E-state index contributed by atoms with van der Waals surface area (Å²) in [5.41, 5.74) is 6.36. The third-order valence-electron chi connectivity index (χ3n) is 4.81. The summed E-state index contributed by atoms with van der Waals surface area (Å²) in [4.78, 5) is 0. The molecule has 2 unspecified atom stereocenters. The molecule has 3 heteroatoms. The molecule has 3 nitrogen and oxygen atoms in total. The molecule has 0 saturated heterocycles. The first kappa shape index (κ1) is 20.6. The summed E-state index contributed by atoms with van der Waals surface area (Å²) < 4.78 is 0. The molecule has 0 aliphatic rings. The van der Waals surface area contributed by atoms with Gasteiger partial charge in [0.05, 0.1) is 18.2 Å². The quantitative estimate of drug-likeness (QED) is 0.379. The summed E-state index contributed by atoms with van der Waals surface area (Å²) in [6, 6.07) is 18.6. The van der Waals surface area contributed by atoms with E-state index < -0.39 is 0 Å². The van der Waals surface area contributed by atoms with E-state index in [1.165, 1.54) is 11.1 Å². The van der Waals surface area contributed by atoms with Gasteiger partial charge < -0.3 is 10.6 Å². The maximum atomic E-state index is 9.34. The normalized spacial score (nSPS) is 12.8. The Hall–Kier alpha value is -2.67. The molecular formula is C24H29N3. The zero-order chi connectivity index (χ0) is 19.8. The molecule has 140 valence electrons. The highest BCUT2D eigenvalue weighted by atomic mass is 15.0. The van der Waals surface area contributed by atoms with E-state index in [2.05, 4.69) is 74.0 Å². The summed E-state index contributed by atoms with van der Waals surface area (Å²) in [7, 11) is 0. The van der Waals surface area contributed by atoms with Gasteiger partial charge in [-0.15, -0.1) is 0 Å². The first-order chi connectivity index (χ1) is 13.0. The monoisotopic (exact) mass is 359 g/mol. The van der Waals surface area contributed by atoms with E-state index >= 15 is 0 Å². The number of nitrogens with zero attached hydrogens (tertiary/aromatic N) is 1. The van der Waals surface area contributed by atoms with E-state index in [0.29, 0.717) is 5.57 Å². The maximum absolute atomic E-state index is 9.34. The average molecular weight is 360 g/mol. The van der Waals surface area contributed by atoms with Crippen LogP contribution in [0.15, 0.2) is 72.8 Å². The Morgan fingerprint density at radius 1 is 0.889 bits per heavy atom. The number of rotatable bonds is 9. The third-order valence-corrected chi connectivity index (χ3v) is 4.81. The molecule has 2 rings (SSSR count). The van der Waals surface area contributed by atoms with E-state index in [4.69, 9.17) is 0 Å². The second-order valence-corrected chi connectivity index (χ2v) is 6.97. The molecule has 2 N–H and O–H groups in total. The Bertz CT molecular complexity index is 845. The van der Waals surface area contributed by atoms with E-state index in [9.17, 15) is 5.26 Å². The lowest BCUT2D eigenvalue weighted by molar-refractivity contribution is 0.533. The predicted octanol–water partition coefficient (Wildman–Crippen LogP) is 4.92. The van der Waals surface area contributed by atoms with Gasteiger partial charge in [-0.1, -0.05) is 67.3 Å². The van der Waals surface area contributed by atoms with Crippen LogP contribution in [0, 0.1) is 25.2 Å². The summed E-state index contributed by atoms with van der Waals surface area (Å²) in [5, 5.41) is 16.4. The van der Waals surface area contributed by atoms with Gasteiger partial charge in [-0.2, -0.15) is 5.26 Å². The number of benzene rings is 2. The van der Waals surface area contributed by atoms with Gasteiger partial charge in [0.2, 0.25) is 0 Å². The van der Waals surface area contributed by atoms with Gasteiger partial charge in [-0.3, -0.25) is 0 Å². The van der Waals surface area contributed by atoms with Crippen molar-refractivity contribution in [3.63, 3.8) is 0 Å². The smallest absolute Gasteiger partial charge is 0.0961 e. The van der Waals surface area contributed by atoms with Crippen molar-refractivity contribution in [2.75, 3.05) is 13.1 Å². The first-order valence-corrected chi connectivity index (χ1v) is 9.27. The zero-order valence-corrected chi connectivity index (χ0v) is 16.5. The van der Waals surface area contributed by atoms with Crippen LogP contribution in [0.3, 0.4) is 0 Å². The SMILES string of the molecule is C=C(C)C(NCCNC(C(=C)C#N)c1ccccc1C)c1ccccc1C. The Balaban J connectivity index is 2.03. The molecule has 0 aliphatic heterocycles. The minimum atomic E-state index is -0.167. The Morgan fingerprint density at radius 3 is 1.78 bits per heavy atom. The van der Waals surface area contributed by atoms with E-state index in [0.717, 1.165) is 29.8 Å². The highest BCUT2D eigenvalue weighted by molar-refractivity contribution is 5.38. The molecule has 2 atom stereocenters. The molecule has 2 aromatic rings. The van der Waals surface area contributed by atoms with Crippen LogP contribution in [0.25, 0.3) is 0 Å². The largest absolute Gasteiger partial charge is 0.305 e. The highest BCUT2D eigenvalue weighted by Crippen LogP contribution is 2.24. The minimum absolute atomic E-state index is 0.115. The van der Waals surface area contributed by atoms with Gasteiger partial charge in [-0.25, -0.2) is 0 Å². The van der Waals surface area contributed by atoms with E-state index in [1.54, 1.807) is 0 Å². The van der Waals surface area contributed by atoms with Crippen LogP contribution in [0.1, 0.15) is 41.3 Å². The van der Waals surface area contributed by atoms with Crippen molar-refractivity contribution >= 4 is 0 Å². The average Bonchev–Trinajstić information content (AvgIpc) is 2.66. The molecule has 0 amide bonds. The topological polar surface area (TPSA) is 47.8 Å². The zero-order valence-electron chi connectivity index (χ0n) is 16.5. The van der Waals surface area contributed by atoms with Gasteiger partial charge in [0.15, 0.2) is 0 Å². The van der Waals surface area contributed by atoms with E-state index in [1.807, 2.05) is 25.1 Å². The van der Waals surface area contributed by atoms with Crippen molar-refractivity contribution in [3.05, 3.63) is 95.1 Å².